The molecule has 5 nitrogen and oxygen atoms in total. The lowest BCUT2D eigenvalue weighted by Crippen LogP contribution is -2.36. The number of hydrogen-bond acceptors (Lipinski definition) is 4. The number of ether oxygens (including phenoxy) is 1. The van der Waals surface area contributed by atoms with Crippen molar-refractivity contribution in [2.24, 2.45) is 5.41 Å². The molecule has 1 saturated heterocycles. The van der Waals surface area contributed by atoms with Gasteiger partial charge in [0.15, 0.2) is 0 Å². The third-order valence-electron chi connectivity index (χ3n) is 4.52. The second kappa shape index (κ2) is 8.49. The standard InChI is InChI=1S/C19H30N2O3/c1-15(22)20-16-5-7-18(8-6-16)24-14-17(23)13-21-11-4-9-19(2,3)10-12-21/h5-8,17,23H,4,9-14H2,1-3H3,(H,20,22). The Morgan fingerprint density at radius 1 is 1.29 bits per heavy atom. The predicted octanol–water partition coefficient (Wildman–Crippen LogP) is 2.90. The number of benzene rings is 1. The van der Waals surface area contributed by atoms with Gasteiger partial charge in [0, 0.05) is 19.2 Å². The van der Waals surface area contributed by atoms with Crippen LogP contribution in [0.5, 0.6) is 5.75 Å². The van der Waals surface area contributed by atoms with Crippen molar-refractivity contribution in [2.45, 2.75) is 46.1 Å². The molecule has 1 amide bonds. The highest BCUT2D eigenvalue weighted by Crippen LogP contribution is 2.29. The van der Waals surface area contributed by atoms with Crippen LogP contribution in [0.3, 0.4) is 0 Å². The van der Waals surface area contributed by atoms with Crippen molar-refractivity contribution >= 4 is 11.6 Å². The van der Waals surface area contributed by atoms with Gasteiger partial charge in [-0.05, 0) is 62.0 Å². The summed E-state index contributed by atoms with van der Waals surface area (Å²) >= 11 is 0. The van der Waals surface area contributed by atoms with E-state index in [0.29, 0.717) is 17.7 Å². The lowest BCUT2D eigenvalue weighted by molar-refractivity contribution is -0.114. The van der Waals surface area contributed by atoms with Gasteiger partial charge in [0.2, 0.25) is 5.91 Å². The number of aliphatic hydroxyl groups is 1. The van der Waals surface area contributed by atoms with E-state index in [0.717, 1.165) is 18.8 Å². The molecular weight excluding hydrogens is 304 g/mol. The van der Waals surface area contributed by atoms with E-state index in [9.17, 15) is 9.90 Å². The Kier molecular flexibility index (Phi) is 6.63. The van der Waals surface area contributed by atoms with Crippen molar-refractivity contribution in [2.75, 3.05) is 31.6 Å². The van der Waals surface area contributed by atoms with Crippen molar-refractivity contribution < 1.29 is 14.6 Å². The summed E-state index contributed by atoms with van der Waals surface area (Å²) < 4.78 is 5.65. The normalized spacial score (nSPS) is 19.3. The van der Waals surface area contributed by atoms with Crippen LogP contribution in [0.25, 0.3) is 0 Å². The van der Waals surface area contributed by atoms with Crippen LogP contribution in [0.4, 0.5) is 5.69 Å². The Bertz CT molecular complexity index is 528. The van der Waals surface area contributed by atoms with Crippen molar-refractivity contribution in [3.8, 4) is 5.75 Å². The zero-order valence-corrected chi connectivity index (χ0v) is 15.0. The second-order valence-electron chi connectivity index (χ2n) is 7.49. The SMILES string of the molecule is CC(=O)Nc1ccc(OCC(O)CN2CCCC(C)(C)CC2)cc1. The number of β-amino-alcohol motifs (C(OH)–C–C–N with tert-alkyl or cyclic N) is 1. The Morgan fingerprint density at radius 2 is 2.00 bits per heavy atom. The van der Waals surface area contributed by atoms with Crippen LogP contribution in [0.1, 0.15) is 40.0 Å². The molecule has 24 heavy (non-hydrogen) atoms. The molecule has 2 N–H and O–H groups in total. The molecule has 0 aromatic heterocycles. The number of aliphatic hydroxyl groups excluding tert-OH is 1. The van der Waals surface area contributed by atoms with Crippen LogP contribution in [-0.2, 0) is 4.79 Å². The number of likely N-dealkylation sites (tertiary alicyclic amines) is 1. The zero-order valence-electron chi connectivity index (χ0n) is 15.0. The van der Waals surface area contributed by atoms with Gasteiger partial charge in [0.25, 0.3) is 0 Å². The first kappa shape index (κ1) is 18.7. The molecule has 0 saturated carbocycles. The number of nitrogens with one attached hydrogen (secondary N) is 1. The van der Waals surface area contributed by atoms with E-state index in [1.54, 1.807) is 24.3 Å². The molecule has 1 unspecified atom stereocenters. The summed E-state index contributed by atoms with van der Waals surface area (Å²) in [5.74, 6) is 0.597. The lowest BCUT2D eigenvalue weighted by Gasteiger charge is -2.25. The molecule has 134 valence electrons. The number of carbonyl (C=O) groups is 1. The van der Waals surface area contributed by atoms with E-state index in [-0.39, 0.29) is 12.5 Å². The topological polar surface area (TPSA) is 61.8 Å². The summed E-state index contributed by atoms with van der Waals surface area (Å²) in [4.78, 5) is 13.3. The van der Waals surface area contributed by atoms with Gasteiger partial charge in [-0.3, -0.25) is 4.79 Å². The summed E-state index contributed by atoms with van der Waals surface area (Å²) in [6, 6.07) is 7.18. The minimum atomic E-state index is -0.499. The highest BCUT2D eigenvalue weighted by atomic mass is 16.5. The quantitative estimate of drug-likeness (QED) is 0.840. The molecule has 0 aliphatic carbocycles. The minimum Gasteiger partial charge on any atom is -0.491 e. The van der Waals surface area contributed by atoms with Crippen LogP contribution >= 0.6 is 0 Å². The number of rotatable bonds is 6. The van der Waals surface area contributed by atoms with Gasteiger partial charge in [-0.2, -0.15) is 0 Å². The fraction of sp³-hybridized carbons (Fsp3) is 0.632. The van der Waals surface area contributed by atoms with Gasteiger partial charge < -0.3 is 20.1 Å². The molecule has 1 atom stereocenters. The van der Waals surface area contributed by atoms with E-state index in [1.165, 1.54) is 26.2 Å². The van der Waals surface area contributed by atoms with Crippen molar-refractivity contribution in [3.63, 3.8) is 0 Å². The summed E-state index contributed by atoms with van der Waals surface area (Å²) in [6.45, 7) is 9.13. The fourth-order valence-corrected chi connectivity index (χ4v) is 3.04. The Labute approximate surface area is 145 Å². The molecular formula is C19H30N2O3. The number of hydrogen-bond donors (Lipinski definition) is 2. The van der Waals surface area contributed by atoms with Gasteiger partial charge in [-0.25, -0.2) is 0 Å². The number of carbonyl (C=O) groups excluding carboxylic acids is 1. The van der Waals surface area contributed by atoms with Gasteiger partial charge in [0.05, 0.1) is 0 Å². The summed E-state index contributed by atoms with van der Waals surface area (Å²) in [5, 5.41) is 12.9. The van der Waals surface area contributed by atoms with Crippen LogP contribution < -0.4 is 10.1 Å². The van der Waals surface area contributed by atoms with Gasteiger partial charge in [-0.15, -0.1) is 0 Å². The monoisotopic (exact) mass is 334 g/mol. The van der Waals surface area contributed by atoms with Crippen LogP contribution in [0.2, 0.25) is 0 Å². The average Bonchev–Trinajstić information content (AvgIpc) is 2.67. The molecule has 5 heteroatoms. The molecule has 0 spiro atoms. The van der Waals surface area contributed by atoms with Crippen LogP contribution in [-0.4, -0.2) is 48.3 Å². The summed E-state index contributed by atoms with van der Waals surface area (Å²) in [5.41, 5.74) is 1.15. The molecule has 0 radical (unpaired) electrons. The molecule has 1 aromatic rings. The first-order chi connectivity index (χ1) is 11.3. The molecule has 1 heterocycles. The molecule has 1 aliphatic heterocycles. The van der Waals surface area contributed by atoms with Crippen molar-refractivity contribution in [1.82, 2.24) is 4.90 Å². The van der Waals surface area contributed by atoms with Crippen LogP contribution in [0, 0.1) is 5.41 Å². The number of nitrogens with zero attached hydrogens (tertiary/aromatic N) is 1. The molecule has 1 fully saturated rings. The number of anilines is 1. The fourth-order valence-electron chi connectivity index (χ4n) is 3.04. The second-order valence-corrected chi connectivity index (χ2v) is 7.49. The first-order valence-corrected chi connectivity index (χ1v) is 8.75. The maximum Gasteiger partial charge on any atom is 0.221 e. The minimum absolute atomic E-state index is 0.0975. The van der Waals surface area contributed by atoms with E-state index >= 15 is 0 Å². The zero-order chi connectivity index (χ0) is 17.6. The van der Waals surface area contributed by atoms with E-state index < -0.39 is 6.10 Å². The Morgan fingerprint density at radius 3 is 2.67 bits per heavy atom. The third-order valence-corrected chi connectivity index (χ3v) is 4.52. The highest BCUT2D eigenvalue weighted by molar-refractivity contribution is 5.88. The Balaban J connectivity index is 1.74. The van der Waals surface area contributed by atoms with Gasteiger partial charge in [0.1, 0.15) is 18.5 Å². The number of amides is 1. The third kappa shape index (κ3) is 6.49. The largest absolute Gasteiger partial charge is 0.491 e. The smallest absolute Gasteiger partial charge is 0.221 e. The van der Waals surface area contributed by atoms with Crippen molar-refractivity contribution in [3.05, 3.63) is 24.3 Å². The molecule has 2 rings (SSSR count). The average molecular weight is 334 g/mol. The maximum absolute atomic E-state index is 11.0. The Hall–Kier alpha value is -1.59. The predicted molar refractivity (Wildman–Crippen MR) is 96.3 cm³/mol. The molecule has 1 aromatic carbocycles. The van der Waals surface area contributed by atoms with Crippen LogP contribution in [0.15, 0.2) is 24.3 Å². The van der Waals surface area contributed by atoms with Crippen molar-refractivity contribution in [1.29, 1.82) is 0 Å². The summed E-state index contributed by atoms with van der Waals surface area (Å²) in [7, 11) is 0. The van der Waals surface area contributed by atoms with E-state index in [4.69, 9.17) is 4.74 Å². The van der Waals surface area contributed by atoms with E-state index in [1.807, 2.05) is 0 Å². The van der Waals surface area contributed by atoms with Gasteiger partial charge in [-0.1, -0.05) is 13.8 Å². The summed E-state index contributed by atoms with van der Waals surface area (Å²) in [6.07, 6.45) is 3.11. The van der Waals surface area contributed by atoms with Gasteiger partial charge >= 0.3 is 0 Å². The van der Waals surface area contributed by atoms with E-state index in [2.05, 4.69) is 24.1 Å². The molecule has 1 aliphatic rings. The molecule has 0 bridgehead atoms. The lowest BCUT2D eigenvalue weighted by atomic mass is 9.85. The first-order valence-electron chi connectivity index (χ1n) is 8.75. The highest BCUT2D eigenvalue weighted by Gasteiger charge is 2.24. The maximum atomic E-state index is 11.0.